The summed E-state index contributed by atoms with van der Waals surface area (Å²) in [6, 6.07) is 21.5. The van der Waals surface area contributed by atoms with Gasteiger partial charge in [0.05, 0.1) is 11.4 Å². The Hall–Kier alpha value is -3.62. The maximum Gasteiger partial charge on any atom is 0.293 e. The lowest BCUT2D eigenvalue weighted by molar-refractivity contribution is -0.123. The Morgan fingerprint density at radius 3 is 2.57 bits per heavy atom. The molecule has 1 saturated heterocycles. The molecule has 2 aromatic carbocycles. The van der Waals surface area contributed by atoms with Crippen LogP contribution in [0.3, 0.4) is 0 Å². The van der Waals surface area contributed by atoms with Crippen molar-refractivity contribution in [3.8, 4) is 0 Å². The highest BCUT2D eigenvalue weighted by Crippen LogP contribution is 2.34. The molecule has 0 aliphatic carbocycles. The van der Waals surface area contributed by atoms with Crippen molar-refractivity contribution in [1.29, 1.82) is 0 Å². The molecule has 0 saturated carbocycles. The fraction of sp³-hybridized carbons (Fsp3) is 0.148. The van der Waals surface area contributed by atoms with Gasteiger partial charge in [-0.2, -0.15) is 0 Å². The minimum atomic E-state index is -0.276. The largest absolute Gasteiger partial charge is 0.350 e. The average Bonchev–Trinajstić information content (AvgIpc) is 3.57. The van der Waals surface area contributed by atoms with Crippen LogP contribution in [0.5, 0.6) is 0 Å². The molecule has 2 aromatic heterocycles. The summed E-state index contributed by atoms with van der Waals surface area (Å²) in [7, 11) is 0. The summed E-state index contributed by atoms with van der Waals surface area (Å²) in [5.74, 6) is -0.367. The van der Waals surface area contributed by atoms with Crippen molar-refractivity contribution in [1.82, 2.24) is 14.8 Å². The van der Waals surface area contributed by atoms with Crippen molar-refractivity contribution in [2.75, 3.05) is 6.54 Å². The fourth-order valence-electron chi connectivity index (χ4n) is 4.05. The first kappa shape index (κ1) is 23.1. The van der Waals surface area contributed by atoms with Crippen molar-refractivity contribution in [3.63, 3.8) is 0 Å². The van der Waals surface area contributed by atoms with Crippen molar-refractivity contribution < 1.29 is 14.4 Å². The summed E-state index contributed by atoms with van der Waals surface area (Å²) in [4.78, 5) is 40.9. The van der Waals surface area contributed by atoms with E-state index in [1.165, 1.54) is 4.90 Å². The molecule has 8 heteroatoms. The average molecular weight is 502 g/mol. The zero-order chi connectivity index (χ0) is 24.2. The van der Waals surface area contributed by atoms with E-state index in [1.54, 1.807) is 17.4 Å². The van der Waals surface area contributed by atoms with Gasteiger partial charge < -0.3 is 9.88 Å². The van der Waals surface area contributed by atoms with Gasteiger partial charge in [-0.15, -0.1) is 11.3 Å². The first-order chi connectivity index (χ1) is 17.1. The number of thiophene rings is 1. The molecule has 5 rings (SSSR count). The first-order valence-corrected chi connectivity index (χ1v) is 12.9. The molecular formula is C27H23N3O3S2. The van der Waals surface area contributed by atoms with E-state index < -0.39 is 0 Å². The van der Waals surface area contributed by atoms with Crippen LogP contribution in [0.15, 0.2) is 83.2 Å². The Morgan fingerprint density at radius 1 is 0.971 bits per heavy atom. The number of benzene rings is 2. The Morgan fingerprint density at radius 2 is 1.77 bits per heavy atom. The molecule has 4 aromatic rings. The molecular weight excluding hydrogens is 478 g/mol. The number of carbonyl (C=O) groups is 3. The molecule has 0 spiro atoms. The number of imide groups is 1. The highest BCUT2D eigenvalue weighted by Gasteiger charge is 2.34. The summed E-state index contributed by atoms with van der Waals surface area (Å²) < 4.78 is 1.88. The molecule has 35 heavy (non-hydrogen) atoms. The molecule has 1 aliphatic rings. The fourth-order valence-corrected chi connectivity index (χ4v) is 5.55. The lowest BCUT2D eigenvalue weighted by Crippen LogP contribution is -2.30. The molecule has 0 unspecified atom stereocenters. The number of amides is 3. The van der Waals surface area contributed by atoms with E-state index in [0.717, 1.165) is 38.7 Å². The number of nitrogens with zero attached hydrogens (tertiary/aromatic N) is 2. The van der Waals surface area contributed by atoms with Crippen LogP contribution in [0.2, 0.25) is 0 Å². The summed E-state index contributed by atoms with van der Waals surface area (Å²) in [6.07, 6.45) is 4.25. The molecule has 3 heterocycles. The van der Waals surface area contributed by atoms with Crippen LogP contribution in [-0.4, -0.2) is 33.1 Å². The van der Waals surface area contributed by atoms with Gasteiger partial charge in [0.1, 0.15) is 6.54 Å². The lowest BCUT2D eigenvalue weighted by Gasteiger charge is -2.12. The Bertz CT molecular complexity index is 1410. The topological polar surface area (TPSA) is 71.4 Å². The van der Waals surface area contributed by atoms with E-state index in [0.29, 0.717) is 24.4 Å². The maximum absolute atomic E-state index is 13.0. The second-order valence-electron chi connectivity index (χ2n) is 8.15. The molecule has 1 fully saturated rings. The van der Waals surface area contributed by atoms with Gasteiger partial charge in [-0.1, -0.05) is 54.6 Å². The zero-order valence-corrected chi connectivity index (χ0v) is 20.5. The minimum Gasteiger partial charge on any atom is -0.350 e. The second kappa shape index (κ2) is 10.3. The third-order valence-corrected chi connectivity index (χ3v) is 7.58. The quantitative estimate of drug-likeness (QED) is 0.333. The van der Waals surface area contributed by atoms with Crippen molar-refractivity contribution in [2.24, 2.45) is 0 Å². The molecule has 1 N–H and O–H groups in total. The Balaban J connectivity index is 1.33. The summed E-state index contributed by atoms with van der Waals surface area (Å²) in [5.41, 5.74) is 2.78. The third-order valence-electron chi connectivity index (χ3n) is 5.80. The lowest BCUT2D eigenvalue weighted by atomic mass is 10.1. The third kappa shape index (κ3) is 5.23. The molecule has 0 atom stereocenters. The van der Waals surface area contributed by atoms with E-state index in [2.05, 4.69) is 5.32 Å². The number of rotatable bonds is 8. The van der Waals surface area contributed by atoms with Crippen molar-refractivity contribution in [2.45, 2.75) is 19.5 Å². The zero-order valence-electron chi connectivity index (χ0n) is 18.8. The molecule has 0 bridgehead atoms. The normalized spacial score (nSPS) is 14.9. The smallest absolute Gasteiger partial charge is 0.293 e. The van der Waals surface area contributed by atoms with Gasteiger partial charge in [0.15, 0.2) is 0 Å². The Kier molecular flexibility index (Phi) is 6.83. The van der Waals surface area contributed by atoms with E-state index >= 15 is 0 Å². The number of hydrogen-bond donors (Lipinski definition) is 1. The predicted octanol–water partition coefficient (Wildman–Crippen LogP) is 5.30. The summed E-state index contributed by atoms with van der Waals surface area (Å²) in [6.45, 7) is 1.01. The number of carbonyl (C=O) groups excluding carboxylic acids is 3. The van der Waals surface area contributed by atoms with E-state index in [9.17, 15) is 14.4 Å². The highest BCUT2D eigenvalue weighted by molar-refractivity contribution is 8.18. The van der Waals surface area contributed by atoms with Gasteiger partial charge in [-0.05, 0) is 47.3 Å². The van der Waals surface area contributed by atoms with Crippen molar-refractivity contribution >= 4 is 57.1 Å². The summed E-state index contributed by atoms with van der Waals surface area (Å²) >= 11 is 2.56. The number of nitrogens with one attached hydrogen (secondary N) is 1. The number of aromatic nitrogens is 1. The van der Waals surface area contributed by atoms with Crippen LogP contribution in [0, 0.1) is 0 Å². The SMILES string of the molecule is O=C(Cn1cc(/C=C2\SC(=O)N(CCc3ccccc3)C2=O)c2ccccc21)NCc1cccs1. The van der Waals surface area contributed by atoms with Gasteiger partial charge in [-0.3, -0.25) is 19.3 Å². The van der Waals surface area contributed by atoms with E-state index in [-0.39, 0.29) is 23.6 Å². The standard InChI is InChI=1S/C27H23N3O3S2/c31-25(28-16-21-9-6-14-34-21)18-29-17-20(22-10-4-5-11-23(22)29)15-24-26(32)30(27(33)35-24)13-12-19-7-2-1-3-8-19/h1-11,14-15,17H,12-13,16,18H2,(H,28,31)/b24-15-. The number of fused-ring (bicyclic) bond motifs is 1. The van der Waals surface area contributed by atoms with Crippen molar-refractivity contribution in [3.05, 3.63) is 99.2 Å². The first-order valence-electron chi connectivity index (χ1n) is 11.2. The number of para-hydroxylation sites is 1. The highest BCUT2D eigenvalue weighted by atomic mass is 32.2. The maximum atomic E-state index is 13.0. The van der Waals surface area contributed by atoms with E-state index in [4.69, 9.17) is 0 Å². The van der Waals surface area contributed by atoms with Gasteiger partial charge in [-0.25, -0.2) is 0 Å². The van der Waals surface area contributed by atoms with E-state index in [1.807, 2.05) is 82.9 Å². The van der Waals surface area contributed by atoms with Gasteiger partial charge in [0.25, 0.3) is 11.1 Å². The van der Waals surface area contributed by atoms with Crippen LogP contribution in [0.25, 0.3) is 17.0 Å². The minimum absolute atomic E-state index is 0.0908. The molecule has 3 amide bonds. The second-order valence-corrected chi connectivity index (χ2v) is 10.2. The van der Waals surface area contributed by atoms with Crippen LogP contribution in [0.4, 0.5) is 4.79 Å². The van der Waals surface area contributed by atoms with Crippen LogP contribution in [0.1, 0.15) is 16.0 Å². The van der Waals surface area contributed by atoms with Crippen LogP contribution >= 0.6 is 23.1 Å². The monoisotopic (exact) mass is 501 g/mol. The number of thioether (sulfide) groups is 1. The van der Waals surface area contributed by atoms with Gasteiger partial charge in [0.2, 0.25) is 5.91 Å². The van der Waals surface area contributed by atoms with Crippen LogP contribution in [-0.2, 0) is 29.1 Å². The predicted molar refractivity (Wildman–Crippen MR) is 141 cm³/mol. The molecule has 176 valence electrons. The number of hydrogen-bond acceptors (Lipinski definition) is 5. The van der Waals surface area contributed by atoms with Gasteiger partial charge in [0, 0.05) is 34.1 Å². The summed E-state index contributed by atoms with van der Waals surface area (Å²) in [5, 5.41) is 5.61. The van der Waals surface area contributed by atoms with Gasteiger partial charge >= 0.3 is 0 Å². The molecule has 6 nitrogen and oxygen atoms in total. The molecule has 1 aliphatic heterocycles. The molecule has 0 radical (unpaired) electrons. The Labute approximate surface area is 211 Å². The van der Waals surface area contributed by atoms with Crippen LogP contribution < -0.4 is 5.32 Å².